The van der Waals surface area contributed by atoms with E-state index in [0.717, 1.165) is 6.61 Å². The molecule has 0 spiro atoms. The molecule has 0 bridgehead atoms. The second kappa shape index (κ2) is 3.34. The molecule has 0 N–H and O–H groups in total. The number of hydrogen-bond acceptors (Lipinski definition) is 1. The Kier molecular flexibility index (Phi) is 2.69. The van der Waals surface area contributed by atoms with Gasteiger partial charge >= 0.3 is 0 Å². The highest BCUT2D eigenvalue weighted by Gasteiger charge is 2.16. The zero-order valence-corrected chi connectivity index (χ0v) is 8.59. The molecule has 1 atom stereocenters. The fourth-order valence-corrected chi connectivity index (χ4v) is 6.96. The summed E-state index contributed by atoms with van der Waals surface area (Å²) < 4.78 is 5.48. The molecule has 0 saturated carbocycles. The first-order valence-electron chi connectivity index (χ1n) is 3.54. The Labute approximate surface area is 60.4 Å². The van der Waals surface area contributed by atoms with E-state index in [1.807, 2.05) is 0 Å². The van der Waals surface area contributed by atoms with E-state index in [-0.39, 0.29) is 9.28 Å². The van der Waals surface area contributed by atoms with Crippen molar-refractivity contribution in [1.29, 1.82) is 0 Å². The highest BCUT2D eigenvalue weighted by atomic mass is 29.2. The van der Waals surface area contributed by atoms with Crippen molar-refractivity contribution in [3.05, 3.63) is 11.8 Å². The molecule has 1 nitrogen and oxygen atoms in total. The molecule has 1 rings (SSSR count). The maximum Gasteiger partial charge on any atom is 0.152 e. The fraction of sp³-hybridized carbons (Fsp3) is 0.667. The lowest BCUT2D eigenvalue weighted by Crippen LogP contribution is -2.31. The van der Waals surface area contributed by atoms with Crippen LogP contribution in [0.25, 0.3) is 0 Å². The van der Waals surface area contributed by atoms with E-state index < -0.39 is 8.31 Å². The molecule has 0 aliphatic carbocycles. The van der Waals surface area contributed by atoms with Crippen molar-refractivity contribution in [3.63, 3.8) is 0 Å². The molecule has 1 unspecified atom stereocenters. The zero-order chi connectivity index (χ0) is 6.69. The van der Waals surface area contributed by atoms with Crippen LogP contribution >= 0.6 is 0 Å². The quantitative estimate of drug-likeness (QED) is 0.500. The Balaban J connectivity index is 2.31. The van der Waals surface area contributed by atoms with E-state index in [1.165, 1.54) is 17.7 Å². The van der Waals surface area contributed by atoms with Crippen LogP contribution in [0, 0.1) is 0 Å². The first-order chi connectivity index (χ1) is 4.30. The van der Waals surface area contributed by atoms with Crippen LogP contribution in [0.3, 0.4) is 0 Å². The third kappa shape index (κ3) is 2.08. The van der Waals surface area contributed by atoms with Gasteiger partial charge in [-0.25, -0.2) is 0 Å². The second-order valence-electron chi connectivity index (χ2n) is 2.76. The zero-order valence-electron chi connectivity index (χ0n) is 6.02. The smallest absolute Gasteiger partial charge is 0.152 e. The van der Waals surface area contributed by atoms with Crippen LogP contribution in [0.1, 0.15) is 13.3 Å². The highest BCUT2D eigenvalue weighted by Crippen LogP contribution is 2.09. The first kappa shape index (κ1) is 7.24. The topological polar surface area (TPSA) is 9.23 Å². The number of rotatable bonds is 1. The van der Waals surface area contributed by atoms with Crippen molar-refractivity contribution in [3.8, 4) is 0 Å². The summed E-state index contributed by atoms with van der Waals surface area (Å²) in [6.07, 6.45) is 1.30. The monoisotopic (exact) mass is 158 g/mol. The molecule has 1 saturated heterocycles. The molecule has 52 valence electrons. The Morgan fingerprint density at radius 2 is 2.56 bits per heavy atom. The van der Waals surface area contributed by atoms with E-state index in [0.29, 0.717) is 0 Å². The van der Waals surface area contributed by atoms with E-state index in [2.05, 4.69) is 13.5 Å². The van der Waals surface area contributed by atoms with Crippen LogP contribution in [-0.4, -0.2) is 24.2 Å². The summed E-state index contributed by atoms with van der Waals surface area (Å²) in [6, 6.07) is 1.47. The minimum Gasteiger partial charge on any atom is -0.427 e. The van der Waals surface area contributed by atoms with Gasteiger partial charge in [-0.1, -0.05) is 11.2 Å². The lowest BCUT2D eigenvalue weighted by Gasteiger charge is -2.19. The average molecular weight is 158 g/mol. The minimum absolute atomic E-state index is 0.0856. The molecule has 1 aliphatic rings. The van der Waals surface area contributed by atoms with Gasteiger partial charge in [0.15, 0.2) is 9.28 Å². The standard InChI is InChI=1S/C6H14OSi2/c1-6(2)9-5-3-4-7-8-9/h9H,1,3-5,8H2,2H3. The van der Waals surface area contributed by atoms with Gasteiger partial charge in [-0.05, 0) is 13.3 Å². The van der Waals surface area contributed by atoms with Crippen LogP contribution in [0.4, 0.5) is 0 Å². The molecular weight excluding hydrogens is 144 g/mol. The lowest BCUT2D eigenvalue weighted by atomic mass is 10.5. The van der Waals surface area contributed by atoms with Crippen molar-refractivity contribution in [2.75, 3.05) is 6.61 Å². The van der Waals surface area contributed by atoms with Crippen LogP contribution in [-0.2, 0) is 4.43 Å². The van der Waals surface area contributed by atoms with Gasteiger partial charge in [0.25, 0.3) is 0 Å². The number of allylic oxidation sites excluding steroid dienone is 1. The summed E-state index contributed by atoms with van der Waals surface area (Å²) in [5, 5.41) is 1.47. The Morgan fingerprint density at radius 3 is 2.89 bits per heavy atom. The molecular formula is C6H14OSi2. The van der Waals surface area contributed by atoms with Crippen LogP contribution in [0.15, 0.2) is 11.8 Å². The van der Waals surface area contributed by atoms with Crippen LogP contribution < -0.4 is 0 Å². The largest absolute Gasteiger partial charge is 0.427 e. The normalized spacial score (nSPS) is 30.6. The van der Waals surface area contributed by atoms with Gasteiger partial charge in [0.1, 0.15) is 0 Å². The van der Waals surface area contributed by atoms with E-state index in [9.17, 15) is 0 Å². The van der Waals surface area contributed by atoms with Gasteiger partial charge in [-0.2, -0.15) is 0 Å². The van der Waals surface area contributed by atoms with E-state index in [1.54, 1.807) is 0 Å². The third-order valence-corrected chi connectivity index (χ3v) is 10.5. The molecule has 0 radical (unpaired) electrons. The predicted molar refractivity (Wildman–Crippen MR) is 45.9 cm³/mol. The van der Waals surface area contributed by atoms with Crippen LogP contribution in [0.5, 0.6) is 0 Å². The highest BCUT2D eigenvalue weighted by molar-refractivity contribution is 7.13. The Hall–Kier alpha value is 0.134. The van der Waals surface area contributed by atoms with Crippen molar-refractivity contribution in [2.45, 2.75) is 19.4 Å². The molecule has 1 heterocycles. The Morgan fingerprint density at radius 1 is 1.78 bits per heavy atom. The van der Waals surface area contributed by atoms with Crippen molar-refractivity contribution < 1.29 is 4.43 Å². The maximum atomic E-state index is 5.48. The minimum atomic E-state index is -0.477. The SMILES string of the molecule is C=C(C)[SiH]1CCCO[SiH2]1. The summed E-state index contributed by atoms with van der Waals surface area (Å²) in [6.45, 7) is 7.22. The summed E-state index contributed by atoms with van der Waals surface area (Å²) >= 11 is 0. The van der Waals surface area contributed by atoms with Gasteiger partial charge in [0, 0.05) is 6.61 Å². The van der Waals surface area contributed by atoms with Crippen molar-refractivity contribution >= 4 is 17.6 Å². The van der Waals surface area contributed by atoms with Gasteiger partial charge in [0.05, 0.1) is 8.31 Å². The van der Waals surface area contributed by atoms with Gasteiger partial charge in [-0.15, -0.1) is 6.58 Å². The molecule has 0 amide bonds. The molecule has 9 heavy (non-hydrogen) atoms. The van der Waals surface area contributed by atoms with Crippen LogP contribution in [0.2, 0.25) is 6.04 Å². The molecule has 0 aromatic carbocycles. The molecule has 3 heteroatoms. The molecule has 0 aromatic heterocycles. The van der Waals surface area contributed by atoms with Gasteiger partial charge < -0.3 is 4.43 Å². The fourth-order valence-electron chi connectivity index (χ4n) is 1.13. The summed E-state index contributed by atoms with van der Waals surface area (Å²) in [5.74, 6) is 0. The van der Waals surface area contributed by atoms with E-state index >= 15 is 0 Å². The predicted octanol–water partition coefficient (Wildman–Crippen LogP) is 0.330. The lowest BCUT2D eigenvalue weighted by molar-refractivity contribution is 0.336. The summed E-state index contributed by atoms with van der Waals surface area (Å²) in [4.78, 5) is 0. The Bertz CT molecular complexity index is 108. The summed E-state index contributed by atoms with van der Waals surface area (Å²) in [5.41, 5.74) is 0. The summed E-state index contributed by atoms with van der Waals surface area (Å²) in [7, 11) is -0.563. The van der Waals surface area contributed by atoms with Crippen molar-refractivity contribution in [1.82, 2.24) is 0 Å². The van der Waals surface area contributed by atoms with E-state index in [4.69, 9.17) is 4.43 Å². The second-order valence-corrected chi connectivity index (χ2v) is 10.4. The molecule has 1 aliphatic heterocycles. The third-order valence-electron chi connectivity index (χ3n) is 1.86. The van der Waals surface area contributed by atoms with Gasteiger partial charge in [-0.3, -0.25) is 0 Å². The van der Waals surface area contributed by atoms with Crippen molar-refractivity contribution in [2.24, 2.45) is 0 Å². The average Bonchev–Trinajstić information content (AvgIpc) is 1.90. The maximum absolute atomic E-state index is 5.48. The molecule has 1 fully saturated rings. The first-order valence-corrected chi connectivity index (χ1v) is 8.77. The van der Waals surface area contributed by atoms with Gasteiger partial charge in [0.2, 0.25) is 0 Å². The molecule has 0 aromatic rings. The number of hydrogen-bond donors (Lipinski definition) is 0.